The summed E-state index contributed by atoms with van der Waals surface area (Å²) in [6, 6.07) is 16.0. The van der Waals surface area contributed by atoms with E-state index in [2.05, 4.69) is 84.0 Å². The Balaban J connectivity index is 0.00000176. The van der Waals surface area contributed by atoms with Gasteiger partial charge < -0.3 is 14.9 Å². The molecule has 0 saturated carbocycles. The maximum atomic E-state index is 2.38. The van der Waals surface area contributed by atoms with Gasteiger partial charge in [-0.1, -0.05) is 83.0 Å². The SMILES string of the molecule is CC(C)(C)c1ccc2[cH-]c3c(C(C)(C)C)cccc3c2c1.[CH3-].[CH3-].[Zr+3]. The number of hydrogen-bond donors (Lipinski definition) is 0. The maximum absolute atomic E-state index is 2.38. The first-order valence-electron chi connectivity index (χ1n) is 7.81. The van der Waals surface area contributed by atoms with E-state index in [-0.39, 0.29) is 51.9 Å². The zero-order valence-corrected chi connectivity index (χ0v) is 19.0. The van der Waals surface area contributed by atoms with Crippen molar-refractivity contribution < 1.29 is 26.2 Å². The fourth-order valence-electron chi connectivity index (χ4n) is 3.15. The van der Waals surface area contributed by atoms with Gasteiger partial charge in [-0.25, -0.2) is 0 Å². The van der Waals surface area contributed by atoms with Crippen LogP contribution in [-0.4, -0.2) is 0 Å². The Labute approximate surface area is 168 Å². The van der Waals surface area contributed by atoms with Crippen LogP contribution in [0.1, 0.15) is 52.7 Å². The third kappa shape index (κ3) is 4.05. The first-order chi connectivity index (χ1) is 9.68. The van der Waals surface area contributed by atoms with Gasteiger partial charge in [0.15, 0.2) is 0 Å². The molecule has 0 aromatic heterocycles. The smallest absolute Gasteiger partial charge is 0.358 e. The summed E-state index contributed by atoms with van der Waals surface area (Å²) in [6.07, 6.45) is 0. The molecule has 0 N–H and O–H groups in total. The van der Waals surface area contributed by atoms with E-state index >= 15 is 0 Å². The molecular weight excluding hydrogens is 367 g/mol. The van der Waals surface area contributed by atoms with Crippen LogP contribution < -0.4 is 0 Å². The monoisotopic (exact) mass is 397 g/mol. The topological polar surface area (TPSA) is 0 Å². The molecule has 0 unspecified atom stereocenters. The molecule has 3 rings (SSSR count). The van der Waals surface area contributed by atoms with Crippen LogP contribution in [0.25, 0.3) is 21.5 Å². The third-order valence-corrected chi connectivity index (χ3v) is 4.42. The van der Waals surface area contributed by atoms with E-state index < -0.39 is 0 Å². The molecule has 0 aliphatic rings. The average Bonchev–Trinajstić information content (AvgIpc) is 2.73. The fraction of sp³-hybridized carbons (Fsp3) is 0.348. The first kappa shape index (κ1) is 23.2. The van der Waals surface area contributed by atoms with Crippen molar-refractivity contribution in [2.45, 2.75) is 52.4 Å². The van der Waals surface area contributed by atoms with E-state index in [1.54, 1.807) is 0 Å². The Hall–Kier alpha value is -0.807. The minimum atomic E-state index is 0. The molecule has 3 aromatic rings. The normalized spacial score (nSPS) is 11.6. The number of fused-ring (bicyclic) bond motifs is 3. The summed E-state index contributed by atoms with van der Waals surface area (Å²) in [6.45, 7) is 13.7. The van der Waals surface area contributed by atoms with Crippen molar-refractivity contribution in [1.29, 1.82) is 0 Å². The van der Waals surface area contributed by atoms with Gasteiger partial charge in [0.25, 0.3) is 0 Å². The molecular formula is C23H31Zr. The second-order valence-corrected chi connectivity index (χ2v) is 8.21. The Kier molecular flexibility index (Phi) is 7.35. The first-order valence-corrected chi connectivity index (χ1v) is 7.81. The molecule has 0 atom stereocenters. The Morgan fingerprint density at radius 1 is 0.750 bits per heavy atom. The van der Waals surface area contributed by atoms with Crippen LogP contribution >= 0.6 is 0 Å². The van der Waals surface area contributed by atoms with E-state index in [1.165, 1.54) is 32.7 Å². The van der Waals surface area contributed by atoms with Gasteiger partial charge in [-0.3, -0.25) is 0 Å². The molecule has 0 saturated heterocycles. The van der Waals surface area contributed by atoms with Gasteiger partial charge >= 0.3 is 26.2 Å². The van der Waals surface area contributed by atoms with Gasteiger partial charge in [0.2, 0.25) is 0 Å². The predicted molar refractivity (Wildman–Crippen MR) is 107 cm³/mol. The van der Waals surface area contributed by atoms with Crippen LogP contribution in [0, 0.1) is 14.9 Å². The third-order valence-electron chi connectivity index (χ3n) is 4.42. The molecule has 1 radical (unpaired) electrons. The van der Waals surface area contributed by atoms with E-state index in [4.69, 9.17) is 0 Å². The minimum absolute atomic E-state index is 0. The van der Waals surface area contributed by atoms with Crippen molar-refractivity contribution in [1.82, 2.24) is 0 Å². The Morgan fingerprint density at radius 2 is 1.38 bits per heavy atom. The summed E-state index contributed by atoms with van der Waals surface area (Å²) in [7, 11) is 0. The minimum Gasteiger partial charge on any atom is -0.358 e. The van der Waals surface area contributed by atoms with Crippen molar-refractivity contribution in [3.05, 3.63) is 68.4 Å². The van der Waals surface area contributed by atoms with Gasteiger partial charge in [-0.2, -0.15) is 0 Å². The molecule has 24 heavy (non-hydrogen) atoms. The second-order valence-electron chi connectivity index (χ2n) is 8.21. The average molecular weight is 399 g/mol. The van der Waals surface area contributed by atoms with Gasteiger partial charge in [-0.15, -0.1) is 33.7 Å². The van der Waals surface area contributed by atoms with Gasteiger partial charge in [0.1, 0.15) is 0 Å². The van der Waals surface area contributed by atoms with Crippen LogP contribution in [0.4, 0.5) is 0 Å². The van der Waals surface area contributed by atoms with E-state index in [1.807, 2.05) is 0 Å². The number of rotatable bonds is 0. The summed E-state index contributed by atoms with van der Waals surface area (Å²) in [4.78, 5) is 0. The van der Waals surface area contributed by atoms with Crippen molar-refractivity contribution in [2.24, 2.45) is 0 Å². The molecule has 3 aromatic carbocycles. The molecule has 1 heteroatoms. The molecule has 0 spiro atoms. The van der Waals surface area contributed by atoms with Crippen molar-refractivity contribution in [3.63, 3.8) is 0 Å². The zero-order valence-electron chi connectivity index (χ0n) is 16.5. The van der Waals surface area contributed by atoms with Crippen molar-refractivity contribution in [2.75, 3.05) is 0 Å². The van der Waals surface area contributed by atoms with Gasteiger partial charge in [0, 0.05) is 0 Å². The van der Waals surface area contributed by atoms with Crippen molar-refractivity contribution >= 4 is 21.5 Å². The van der Waals surface area contributed by atoms with E-state index in [0.717, 1.165) is 0 Å². The van der Waals surface area contributed by atoms with Crippen LogP contribution in [0.2, 0.25) is 0 Å². The van der Waals surface area contributed by atoms with Crippen LogP contribution in [0.5, 0.6) is 0 Å². The number of hydrogen-bond acceptors (Lipinski definition) is 0. The molecule has 127 valence electrons. The van der Waals surface area contributed by atoms with Crippen LogP contribution in [0.15, 0.2) is 42.5 Å². The van der Waals surface area contributed by atoms with Crippen LogP contribution in [0.3, 0.4) is 0 Å². The van der Waals surface area contributed by atoms with E-state index in [9.17, 15) is 0 Å². The molecule has 0 aliphatic carbocycles. The summed E-state index contributed by atoms with van der Waals surface area (Å²) in [5.74, 6) is 0. The summed E-state index contributed by atoms with van der Waals surface area (Å²) < 4.78 is 0. The second kappa shape index (κ2) is 7.61. The Bertz CT molecular complexity index is 808. The molecule has 0 bridgehead atoms. The molecule has 0 nitrogen and oxygen atoms in total. The van der Waals surface area contributed by atoms with Crippen LogP contribution in [-0.2, 0) is 37.0 Å². The predicted octanol–water partition coefficient (Wildman–Crippen LogP) is 7.20. The summed E-state index contributed by atoms with van der Waals surface area (Å²) >= 11 is 0. The quantitative estimate of drug-likeness (QED) is 0.351. The molecule has 0 aliphatic heterocycles. The zero-order chi connectivity index (χ0) is 15.4. The van der Waals surface area contributed by atoms with E-state index in [0.29, 0.717) is 0 Å². The summed E-state index contributed by atoms with van der Waals surface area (Å²) in [5.41, 5.74) is 3.22. The molecule has 0 amide bonds. The number of benzene rings is 2. The van der Waals surface area contributed by atoms with Gasteiger partial charge in [-0.05, 0) is 10.8 Å². The fourth-order valence-corrected chi connectivity index (χ4v) is 3.15. The maximum Gasteiger partial charge on any atom is 3.00 e. The standard InChI is InChI=1S/C21H25.2CH3.Zr/c1-20(2,3)15-11-10-14-12-18-16(17(14)13-15)8-7-9-19(18)21(4,5)6;;;/h7-13H,1-6H3;2*1H3;/q3*-1;+3. The molecule has 0 fully saturated rings. The molecule has 0 heterocycles. The van der Waals surface area contributed by atoms with Gasteiger partial charge in [0.05, 0.1) is 0 Å². The summed E-state index contributed by atoms with van der Waals surface area (Å²) in [5, 5.41) is 5.55. The van der Waals surface area contributed by atoms with Crippen molar-refractivity contribution in [3.8, 4) is 0 Å². The Morgan fingerprint density at radius 3 is 1.92 bits per heavy atom. The largest absolute Gasteiger partial charge is 3.00 e.